The van der Waals surface area contributed by atoms with Crippen molar-refractivity contribution in [2.45, 2.75) is 39.5 Å². The molecule has 1 fully saturated rings. The lowest BCUT2D eigenvalue weighted by atomic mass is 10.3. The highest BCUT2D eigenvalue weighted by molar-refractivity contribution is 5.75. The van der Waals surface area contributed by atoms with Gasteiger partial charge in [-0.05, 0) is 32.1 Å². The van der Waals surface area contributed by atoms with Gasteiger partial charge in [0.15, 0.2) is 0 Å². The van der Waals surface area contributed by atoms with Crippen LogP contribution >= 0.6 is 0 Å². The molecule has 1 N–H and O–H groups in total. The Morgan fingerprint density at radius 3 is 2.28 bits per heavy atom. The number of urea groups is 1. The quantitative estimate of drug-likeness (QED) is 0.722. The lowest BCUT2D eigenvalue weighted by Gasteiger charge is -2.29. The van der Waals surface area contributed by atoms with E-state index >= 15 is 0 Å². The Balaban J connectivity index is 2.50. The second-order valence-corrected chi connectivity index (χ2v) is 4.90. The normalized spacial score (nSPS) is 14.3. The molecule has 1 aliphatic carbocycles. The standard InChI is InChI=1S/C13H24N2O3/c1-3-8-15(10-11-5-6-11)13(18)14(4-2)9-7-12(16)17/h11H,3-10H2,1-2H3,(H,16,17). The highest BCUT2D eigenvalue weighted by atomic mass is 16.4. The summed E-state index contributed by atoms with van der Waals surface area (Å²) < 4.78 is 0. The van der Waals surface area contributed by atoms with Gasteiger partial charge >= 0.3 is 12.0 Å². The summed E-state index contributed by atoms with van der Waals surface area (Å²) in [6, 6.07) is -0.00694. The Labute approximate surface area is 109 Å². The van der Waals surface area contributed by atoms with Crippen LogP contribution in [0.25, 0.3) is 0 Å². The average molecular weight is 256 g/mol. The van der Waals surface area contributed by atoms with Crippen LogP contribution in [0.15, 0.2) is 0 Å². The summed E-state index contributed by atoms with van der Waals surface area (Å²) in [5, 5.41) is 8.69. The summed E-state index contributed by atoms with van der Waals surface area (Å²) in [5.74, 6) is -0.191. The lowest BCUT2D eigenvalue weighted by molar-refractivity contribution is -0.137. The van der Waals surface area contributed by atoms with E-state index in [1.165, 1.54) is 12.8 Å². The number of hydrogen-bond donors (Lipinski definition) is 1. The number of nitrogens with zero attached hydrogens (tertiary/aromatic N) is 2. The number of amides is 2. The molecule has 0 unspecified atom stereocenters. The highest BCUT2D eigenvalue weighted by Gasteiger charge is 2.28. The lowest BCUT2D eigenvalue weighted by Crippen LogP contribution is -2.45. The maximum Gasteiger partial charge on any atom is 0.320 e. The molecule has 0 saturated heterocycles. The van der Waals surface area contributed by atoms with E-state index in [1.807, 2.05) is 11.8 Å². The summed E-state index contributed by atoms with van der Waals surface area (Å²) in [5.41, 5.74) is 0. The summed E-state index contributed by atoms with van der Waals surface area (Å²) in [7, 11) is 0. The van der Waals surface area contributed by atoms with Crippen LogP contribution in [0.2, 0.25) is 0 Å². The zero-order valence-corrected chi connectivity index (χ0v) is 11.4. The predicted molar refractivity (Wildman–Crippen MR) is 69.5 cm³/mol. The van der Waals surface area contributed by atoms with Crippen LogP contribution < -0.4 is 0 Å². The van der Waals surface area contributed by atoms with Crippen molar-refractivity contribution in [1.82, 2.24) is 9.80 Å². The third kappa shape index (κ3) is 4.94. The van der Waals surface area contributed by atoms with Gasteiger partial charge in [0.1, 0.15) is 0 Å². The van der Waals surface area contributed by atoms with Gasteiger partial charge in [0.25, 0.3) is 0 Å². The van der Waals surface area contributed by atoms with Crippen LogP contribution in [-0.2, 0) is 4.79 Å². The number of carboxylic acid groups (broad SMARTS) is 1. The van der Waals surface area contributed by atoms with Crippen LogP contribution in [0.5, 0.6) is 0 Å². The third-order valence-corrected chi connectivity index (χ3v) is 3.19. The molecule has 1 rings (SSSR count). The zero-order chi connectivity index (χ0) is 13.5. The Morgan fingerprint density at radius 2 is 1.83 bits per heavy atom. The van der Waals surface area contributed by atoms with Gasteiger partial charge in [-0.15, -0.1) is 0 Å². The van der Waals surface area contributed by atoms with E-state index in [0.29, 0.717) is 19.0 Å². The van der Waals surface area contributed by atoms with Gasteiger partial charge in [-0.25, -0.2) is 4.79 Å². The second kappa shape index (κ2) is 7.24. The molecule has 0 spiro atoms. The fraction of sp³-hybridized carbons (Fsp3) is 0.846. The van der Waals surface area contributed by atoms with Gasteiger partial charge in [0.05, 0.1) is 6.42 Å². The van der Waals surface area contributed by atoms with Crippen LogP contribution in [0.4, 0.5) is 4.79 Å². The number of rotatable bonds is 8. The van der Waals surface area contributed by atoms with E-state index in [2.05, 4.69) is 6.92 Å². The molecular weight excluding hydrogens is 232 g/mol. The van der Waals surface area contributed by atoms with Gasteiger partial charge in [-0.2, -0.15) is 0 Å². The second-order valence-electron chi connectivity index (χ2n) is 4.90. The average Bonchev–Trinajstić information content (AvgIpc) is 3.12. The molecule has 1 aliphatic rings. The molecule has 5 heteroatoms. The van der Waals surface area contributed by atoms with Crippen molar-refractivity contribution in [3.05, 3.63) is 0 Å². The summed E-state index contributed by atoms with van der Waals surface area (Å²) in [6.07, 6.45) is 3.39. The molecule has 104 valence electrons. The SMILES string of the molecule is CCCN(CC1CC1)C(=O)N(CC)CCC(=O)O. The Kier molecular flexibility index (Phi) is 5.95. The number of carboxylic acids is 1. The Bertz CT molecular complexity index is 290. The van der Waals surface area contributed by atoms with Crippen molar-refractivity contribution >= 4 is 12.0 Å². The van der Waals surface area contributed by atoms with E-state index in [9.17, 15) is 9.59 Å². The minimum absolute atomic E-state index is 0.00694. The first-order chi connectivity index (χ1) is 8.58. The topological polar surface area (TPSA) is 60.9 Å². The van der Waals surface area contributed by atoms with E-state index < -0.39 is 5.97 Å². The molecule has 1 saturated carbocycles. The Hall–Kier alpha value is -1.26. The van der Waals surface area contributed by atoms with E-state index in [4.69, 9.17) is 5.11 Å². The number of hydrogen-bond acceptors (Lipinski definition) is 2. The highest BCUT2D eigenvalue weighted by Crippen LogP contribution is 2.30. The molecule has 0 aromatic carbocycles. The smallest absolute Gasteiger partial charge is 0.320 e. The molecule has 0 heterocycles. The first-order valence-corrected chi connectivity index (χ1v) is 6.84. The fourth-order valence-corrected chi connectivity index (χ4v) is 1.97. The first kappa shape index (κ1) is 14.8. The summed E-state index contributed by atoms with van der Waals surface area (Å²) in [4.78, 5) is 26.4. The van der Waals surface area contributed by atoms with Gasteiger partial charge in [0.2, 0.25) is 0 Å². The largest absolute Gasteiger partial charge is 0.481 e. The molecule has 0 bridgehead atoms. The van der Waals surface area contributed by atoms with E-state index in [0.717, 1.165) is 19.5 Å². The minimum atomic E-state index is -0.856. The Morgan fingerprint density at radius 1 is 1.17 bits per heavy atom. The van der Waals surface area contributed by atoms with Crippen molar-refractivity contribution in [3.63, 3.8) is 0 Å². The first-order valence-electron chi connectivity index (χ1n) is 6.84. The molecular formula is C13H24N2O3. The molecule has 0 atom stereocenters. The van der Waals surface area contributed by atoms with Gasteiger partial charge < -0.3 is 14.9 Å². The van der Waals surface area contributed by atoms with Crippen LogP contribution in [0.3, 0.4) is 0 Å². The molecule has 0 aliphatic heterocycles. The molecule has 18 heavy (non-hydrogen) atoms. The van der Waals surface area contributed by atoms with Crippen molar-refractivity contribution < 1.29 is 14.7 Å². The number of carbonyl (C=O) groups is 2. The summed E-state index contributed by atoms with van der Waals surface area (Å²) >= 11 is 0. The molecule has 0 radical (unpaired) electrons. The molecule has 5 nitrogen and oxygen atoms in total. The van der Waals surface area contributed by atoms with Crippen molar-refractivity contribution in [2.24, 2.45) is 5.92 Å². The molecule has 0 aromatic rings. The maximum absolute atomic E-state index is 12.3. The van der Waals surface area contributed by atoms with Crippen LogP contribution in [0.1, 0.15) is 39.5 Å². The van der Waals surface area contributed by atoms with E-state index in [-0.39, 0.29) is 12.5 Å². The zero-order valence-electron chi connectivity index (χ0n) is 11.4. The minimum Gasteiger partial charge on any atom is -0.481 e. The fourth-order valence-electron chi connectivity index (χ4n) is 1.97. The molecule has 0 aromatic heterocycles. The van der Waals surface area contributed by atoms with Crippen molar-refractivity contribution in [3.8, 4) is 0 Å². The number of carbonyl (C=O) groups excluding carboxylic acids is 1. The van der Waals surface area contributed by atoms with Crippen molar-refractivity contribution in [1.29, 1.82) is 0 Å². The van der Waals surface area contributed by atoms with Crippen LogP contribution in [0, 0.1) is 5.92 Å². The van der Waals surface area contributed by atoms with Gasteiger partial charge in [-0.1, -0.05) is 6.92 Å². The van der Waals surface area contributed by atoms with E-state index in [1.54, 1.807) is 4.90 Å². The number of aliphatic carboxylic acids is 1. The molecule has 2 amide bonds. The predicted octanol–water partition coefficient (Wildman–Crippen LogP) is 2.02. The third-order valence-electron chi connectivity index (χ3n) is 3.19. The monoisotopic (exact) mass is 256 g/mol. The maximum atomic E-state index is 12.3. The summed E-state index contributed by atoms with van der Waals surface area (Å²) in [6.45, 7) is 6.41. The van der Waals surface area contributed by atoms with Gasteiger partial charge in [-0.3, -0.25) is 4.79 Å². The van der Waals surface area contributed by atoms with Gasteiger partial charge in [0, 0.05) is 26.2 Å². The van der Waals surface area contributed by atoms with Crippen LogP contribution in [-0.4, -0.2) is 53.1 Å². The van der Waals surface area contributed by atoms with Crippen molar-refractivity contribution in [2.75, 3.05) is 26.2 Å².